The van der Waals surface area contributed by atoms with Crippen molar-refractivity contribution in [3.8, 4) is 0 Å². The number of ether oxygens (including phenoxy) is 2. The Morgan fingerprint density at radius 1 is 1.40 bits per heavy atom. The third-order valence-electron chi connectivity index (χ3n) is 3.00. The van der Waals surface area contributed by atoms with Gasteiger partial charge in [0.05, 0.1) is 6.10 Å². The predicted molar refractivity (Wildman–Crippen MR) is 70.3 cm³/mol. The van der Waals surface area contributed by atoms with Crippen molar-refractivity contribution in [2.75, 3.05) is 0 Å². The maximum absolute atomic E-state index is 11.8. The van der Waals surface area contributed by atoms with Crippen molar-refractivity contribution in [2.24, 2.45) is 0 Å². The van der Waals surface area contributed by atoms with E-state index in [0.717, 1.165) is 0 Å². The van der Waals surface area contributed by atoms with E-state index in [1.807, 2.05) is 0 Å². The van der Waals surface area contributed by atoms with Gasteiger partial charge < -0.3 is 9.47 Å². The molecule has 0 spiro atoms. The summed E-state index contributed by atoms with van der Waals surface area (Å²) in [7, 11) is 0. The number of carbonyl (C=O) groups is 1. The van der Waals surface area contributed by atoms with E-state index in [9.17, 15) is 14.4 Å². The second-order valence-corrected chi connectivity index (χ2v) is 4.67. The lowest BCUT2D eigenvalue weighted by molar-refractivity contribution is -0.155. The van der Waals surface area contributed by atoms with Crippen LogP contribution in [0, 0.1) is 6.92 Å². The largest absolute Gasteiger partial charge is 0.456 e. The summed E-state index contributed by atoms with van der Waals surface area (Å²) >= 11 is 0. The molecule has 0 radical (unpaired) electrons. The van der Waals surface area contributed by atoms with E-state index in [4.69, 9.17) is 9.47 Å². The van der Waals surface area contributed by atoms with Crippen LogP contribution < -0.4 is 11.2 Å². The summed E-state index contributed by atoms with van der Waals surface area (Å²) in [6.07, 6.45) is 3.21. The highest BCUT2D eigenvalue weighted by Crippen LogP contribution is 2.21. The number of hydrogen-bond donors (Lipinski definition) is 1. The van der Waals surface area contributed by atoms with Crippen molar-refractivity contribution >= 4 is 5.97 Å². The third kappa shape index (κ3) is 2.88. The molecule has 108 valence electrons. The van der Waals surface area contributed by atoms with Crippen molar-refractivity contribution in [1.29, 1.82) is 0 Å². The molecule has 1 aliphatic heterocycles. The normalized spacial score (nSPS) is 25.4. The molecule has 0 amide bonds. The Kier molecular flexibility index (Phi) is 3.89. The van der Waals surface area contributed by atoms with Crippen molar-refractivity contribution in [3.63, 3.8) is 0 Å². The molecule has 0 aliphatic carbocycles. The number of rotatable bonds is 2. The van der Waals surface area contributed by atoms with E-state index in [1.165, 1.54) is 17.7 Å². The molecule has 1 aromatic heterocycles. The van der Waals surface area contributed by atoms with Gasteiger partial charge in [-0.15, -0.1) is 0 Å². The fourth-order valence-electron chi connectivity index (χ4n) is 1.96. The molecule has 0 aromatic carbocycles. The number of H-pyrrole nitrogens is 1. The molecule has 1 N–H and O–H groups in total. The Morgan fingerprint density at radius 3 is 2.70 bits per heavy atom. The van der Waals surface area contributed by atoms with E-state index >= 15 is 0 Å². The maximum Gasteiger partial charge on any atom is 0.330 e. The first kappa shape index (κ1) is 14.3. The number of carbonyl (C=O) groups excluding carboxylic acids is 1. The van der Waals surface area contributed by atoms with Gasteiger partial charge in [0.1, 0.15) is 6.10 Å². The lowest BCUT2D eigenvalue weighted by Crippen LogP contribution is -2.39. The smallest absolute Gasteiger partial charge is 0.330 e. The third-order valence-corrected chi connectivity index (χ3v) is 3.00. The van der Waals surface area contributed by atoms with Gasteiger partial charge in [0.2, 0.25) is 0 Å². The maximum atomic E-state index is 11.8. The number of aryl methyl sites for hydroxylation is 1. The molecule has 20 heavy (non-hydrogen) atoms. The van der Waals surface area contributed by atoms with Gasteiger partial charge in [-0.2, -0.15) is 0 Å². The Bertz CT molecular complexity index is 657. The zero-order chi connectivity index (χ0) is 14.9. The number of hydrogen-bond acceptors (Lipinski definition) is 5. The van der Waals surface area contributed by atoms with E-state index in [2.05, 4.69) is 4.98 Å². The lowest BCUT2D eigenvalue weighted by atomic mass is 10.1. The van der Waals surface area contributed by atoms with Crippen LogP contribution in [0.25, 0.3) is 0 Å². The molecule has 0 fully saturated rings. The first-order valence-electron chi connectivity index (χ1n) is 6.21. The first-order chi connectivity index (χ1) is 9.38. The second-order valence-electron chi connectivity index (χ2n) is 4.67. The van der Waals surface area contributed by atoms with Gasteiger partial charge in [-0.05, 0) is 26.0 Å². The fraction of sp³-hybridized carbons (Fsp3) is 0.462. The standard InChI is InChI=1S/C13H16N2O5/c1-7-6-15(13(18)14-12(7)17)11-5-4-10(8(2)19-11)20-9(3)16/h4-6,8,10-11H,1-3H3,(H,14,17,18)/t8-,10+,11+/m0/s1. The summed E-state index contributed by atoms with van der Waals surface area (Å²) in [6.45, 7) is 4.67. The summed E-state index contributed by atoms with van der Waals surface area (Å²) in [5.74, 6) is -0.398. The second kappa shape index (κ2) is 5.46. The highest BCUT2D eigenvalue weighted by Gasteiger charge is 2.27. The highest BCUT2D eigenvalue weighted by molar-refractivity contribution is 5.66. The fourth-order valence-corrected chi connectivity index (χ4v) is 1.96. The van der Waals surface area contributed by atoms with E-state index in [-0.39, 0.29) is 0 Å². The minimum Gasteiger partial charge on any atom is -0.456 e. The Hall–Kier alpha value is -2.15. The van der Waals surface area contributed by atoms with Gasteiger partial charge in [-0.1, -0.05) is 0 Å². The lowest BCUT2D eigenvalue weighted by Gasteiger charge is -2.30. The van der Waals surface area contributed by atoms with Gasteiger partial charge in [0.25, 0.3) is 5.56 Å². The molecule has 7 nitrogen and oxygen atoms in total. The van der Waals surface area contributed by atoms with E-state index in [0.29, 0.717) is 5.56 Å². The zero-order valence-corrected chi connectivity index (χ0v) is 11.5. The van der Waals surface area contributed by atoms with Gasteiger partial charge in [0.15, 0.2) is 6.23 Å². The van der Waals surface area contributed by atoms with Crippen LogP contribution in [0.15, 0.2) is 27.9 Å². The van der Waals surface area contributed by atoms with E-state index < -0.39 is 35.7 Å². The number of aromatic nitrogens is 2. The number of nitrogens with one attached hydrogen (secondary N) is 1. The number of aromatic amines is 1. The van der Waals surface area contributed by atoms with Gasteiger partial charge in [-0.3, -0.25) is 19.1 Å². The van der Waals surface area contributed by atoms with Crippen LogP contribution in [0.3, 0.4) is 0 Å². The number of esters is 1. The van der Waals surface area contributed by atoms with Gasteiger partial charge in [-0.25, -0.2) is 4.79 Å². The van der Waals surface area contributed by atoms with Crippen LogP contribution in [0.5, 0.6) is 0 Å². The minimum absolute atomic E-state index is 0.395. The monoisotopic (exact) mass is 280 g/mol. The molecule has 2 rings (SSSR count). The van der Waals surface area contributed by atoms with Crippen LogP contribution >= 0.6 is 0 Å². The highest BCUT2D eigenvalue weighted by atomic mass is 16.6. The first-order valence-corrected chi connectivity index (χ1v) is 6.21. The molecule has 7 heteroatoms. The van der Waals surface area contributed by atoms with Crippen molar-refractivity contribution in [2.45, 2.75) is 39.2 Å². The molecule has 0 saturated carbocycles. The van der Waals surface area contributed by atoms with Crippen LogP contribution in [0.1, 0.15) is 25.6 Å². The molecular formula is C13H16N2O5. The van der Waals surface area contributed by atoms with Crippen molar-refractivity contribution < 1.29 is 14.3 Å². The van der Waals surface area contributed by atoms with Gasteiger partial charge in [0, 0.05) is 18.7 Å². The number of nitrogens with zero attached hydrogens (tertiary/aromatic N) is 1. The summed E-state index contributed by atoms with van der Waals surface area (Å²) in [6, 6.07) is 0. The average Bonchev–Trinajstić information content (AvgIpc) is 2.36. The van der Waals surface area contributed by atoms with Crippen LogP contribution in [0.4, 0.5) is 0 Å². The summed E-state index contributed by atoms with van der Waals surface area (Å²) in [5, 5.41) is 0. The predicted octanol–water partition coefficient (Wildman–Crippen LogP) is 0.250. The Labute approximate surface area is 114 Å². The van der Waals surface area contributed by atoms with Crippen LogP contribution in [0.2, 0.25) is 0 Å². The summed E-state index contributed by atoms with van der Waals surface area (Å²) < 4.78 is 12.0. The molecule has 1 aliphatic rings. The van der Waals surface area contributed by atoms with Crippen molar-refractivity contribution in [1.82, 2.24) is 9.55 Å². The summed E-state index contributed by atoms with van der Waals surface area (Å²) in [5.41, 5.74) is -0.554. The van der Waals surface area contributed by atoms with E-state index in [1.54, 1.807) is 26.0 Å². The average molecular weight is 280 g/mol. The topological polar surface area (TPSA) is 90.4 Å². The molecule has 0 unspecified atom stereocenters. The summed E-state index contributed by atoms with van der Waals surface area (Å²) in [4.78, 5) is 36.2. The zero-order valence-electron chi connectivity index (χ0n) is 11.5. The Morgan fingerprint density at radius 2 is 2.10 bits per heavy atom. The molecule has 1 aromatic rings. The molecular weight excluding hydrogens is 264 g/mol. The molecule has 2 heterocycles. The van der Waals surface area contributed by atoms with Crippen LogP contribution in [-0.2, 0) is 14.3 Å². The van der Waals surface area contributed by atoms with Crippen LogP contribution in [-0.4, -0.2) is 27.7 Å². The SMILES string of the molecule is CC(=O)O[C@@H]1C=C[C@H](n2cc(C)c(=O)[nH]c2=O)O[C@H]1C. The molecule has 0 saturated heterocycles. The van der Waals surface area contributed by atoms with Gasteiger partial charge >= 0.3 is 11.7 Å². The Balaban J connectivity index is 2.29. The van der Waals surface area contributed by atoms with Crippen molar-refractivity contribution in [3.05, 3.63) is 44.8 Å². The molecule has 0 bridgehead atoms. The quantitative estimate of drug-likeness (QED) is 0.619. The minimum atomic E-state index is -0.639. The molecule has 3 atom stereocenters.